The highest BCUT2D eigenvalue weighted by Crippen LogP contribution is 2.18. The van der Waals surface area contributed by atoms with Crippen molar-refractivity contribution < 1.29 is 0 Å². The van der Waals surface area contributed by atoms with Gasteiger partial charge in [-0.2, -0.15) is 0 Å². The molecule has 1 aliphatic rings. The van der Waals surface area contributed by atoms with E-state index < -0.39 is 0 Å². The Morgan fingerprint density at radius 3 is 3.13 bits per heavy atom. The number of aliphatic imine (C=N–C) groups is 1. The number of aromatic amines is 1. The molecule has 5 N–H and O–H groups in total. The van der Waals surface area contributed by atoms with Gasteiger partial charge in [0.2, 0.25) is 5.96 Å². The molecule has 0 atom stereocenters. The van der Waals surface area contributed by atoms with Gasteiger partial charge in [0.1, 0.15) is 5.82 Å². The Kier molecular flexibility index (Phi) is 3.18. The Morgan fingerprint density at radius 1 is 1.67 bits per heavy atom. The van der Waals surface area contributed by atoms with Crippen LogP contribution in [0.25, 0.3) is 0 Å². The number of guanidine groups is 1. The maximum absolute atomic E-state index is 5.34. The summed E-state index contributed by atoms with van der Waals surface area (Å²) < 4.78 is 0. The fourth-order valence-corrected chi connectivity index (χ4v) is 1.26. The first-order valence-electron chi connectivity index (χ1n) is 5.14. The Morgan fingerprint density at radius 2 is 2.53 bits per heavy atom. The summed E-state index contributed by atoms with van der Waals surface area (Å²) in [5.74, 6) is 6.96. The van der Waals surface area contributed by atoms with Crippen molar-refractivity contribution in [2.75, 3.05) is 6.54 Å². The van der Waals surface area contributed by atoms with E-state index in [4.69, 9.17) is 5.84 Å². The molecule has 6 heteroatoms. The summed E-state index contributed by atoms with van der Waals surface area (Å²) in [5.41, 5.74) is 2.56. The van der Waals surface area contributed by atoms with Crippen molar-refractivity contribution in [3.05, 3.63) is 18.2 Å². The molecule has 0 aromatic carbocycles. The maximum Gasteiger partial charge on any atom is 0.205 e. The number of H-pyrrole nitrogens is 1. The summed E-state index contributed by atoms with van der Waals surface area (Å²) in [4.78, 5) is 11.5. The molecule has 0 radical (unpaired) electrons. The second kappa shape index (κ2) is 4.79. The van der Waals surface area contributed by atoms with Gasteiger partial charge in [-0.15, -0.1) is 0 Å². The van der Waals surface area contributed by atoms with Crippen molar-refractivity contribution in [3.63, 3.8) is 0 Å². The fourth-order valence-electron chi connectivity index (χ4n) is 1.26. The first-order valence-corrected chi connectivity index (χ1v) is 5.14. The predicted molar refractivity (Wildman–Crippen MR) is 58.1 cm³/mol. The zero-order chi connectivity index (χ0) is 10.5. The lowest BCUT2D eigenvalue weighted by molar-refractivity contribution is 0.808. The van der Waals surface area contributed by atoms with Crippen molar-refractivity contribution in [1.82, 2.24) is 20.7 Å². The highest BCUT2D eigenvalue weighted by Gasteiger charge is 2.21. The van der Waals surface area contributed by atoms with Gasteiger partial charge in [-0.25, -0.2) is 10.8 Å². The largest absolute Gasteiger partial charge is 0.353 e. The number of rotatable bonds is 4. The molecule has 0 saturated heterocycles. The molecule has 0 bridgehead atoms. The van der Waals surface area contributed by atoms with Gasteiger partial charge >= 0.3 is 0 Å². The average Bonchev–Trinajstić information content (AvgIpc) is 2.91. The number of nitrogens with two attached hydrogens (primary N) is 1. The second-order valence-corrected chi connectivity index (χ2v) is 3.58. The summed E-state index contributed by atoms with van der Waals surface area (Å²) in [6.45, 7) is 0.673. The zero-order valence-electron chi connectivity index (χ0n) is 8.53. The molecule has 1 aromatic heterocycles. The van der Waals surface area contributed by atoms with E-state index >= 15 is 0 Å². The van der Waals surface area contributed by atoms with Crippen molar-refractivity contribution in [2.45, 2.75) is 25.3 Å². The Hall–Kier alpha value is -1.56. The summed E-state index contributed by atoms with van der Waals surface area (Å²) in [5, 5.41) is 3.20. The molecule has 1 heterocycles. The third-order valence-electron chi connectivity index (χ3n) is 2.23. The van der Waals surface area contributed by atoms with E-state index in [1.165, 1.54) is 12.8 Å². The van der Waals surface area contributed by atoms with Gasteiger partial charge in [0, 0.05) is 31.4 Å². The number of aromatic nitrogens is 2. The Bertz CT molecular complexity index is 313. The second-order valence-electron chi connectivity index (χ2n) is 3.58. The van der Waals surface area contributed by atoms with Gasteiger partial charge < -0.3 is 10.3 Å². The number of hydrazine groups is 1. The number of nitrogens with one attached hydrogen (secondary N) is 3. The van der Waals surface area contributed by atoms with Crippen LogP contribution in [0.15, 0.2) is 17.4 Å². The number of hydrogen-bond donors (Lipinski definition) is 4. The third kappa shape index (κ3) is 3.25. The van der Waals surface area contributed by atoms with Crippen molar-refractivity contribution in [1.29, 1.82) is 0 Å². The van der Waals surface area contributed by atoms with Crippen LogP contribution in [0.3, 0.4) is 0 Å². The Balaban J connectivity index is 1.75. The minimum Gasteiger partial charge on any atom is -0.353 e. The fraction of sp³-hybridized carbons (Fsp3) is 0.556. The van der Waals surface area contributed by atoms with Crippen LogP contribution in [-0.2, 0) is 6.42 Å². The van der Waals surface area contributed by atoms with Crippen molar-refractivity contribution >= 4 is 5.96 Å². The average molecular weight is 208 g/mol. The summed E-state index contributed by atoms with van der Waals surface area (Å²) in [7, 11) is 0. The van der Waals surface area contributed by atoms with E-state index in [0.717, 1.165) is 12.2 Å². The van der Waals surface area contributed by atoms with E-state index in [1.807, 2.05) is 6.20 Å². The lowest BCUT2D eigenvalue weighted by atomic mass is 10.4. The molecule has 0 amide bonds. The summed E-state index contributed by atoms with van der Waals surface area (Å²) in [6.07, 6.45) is 6.76. The predicted octanol–water partition coefficient (Wildman–Crippen LogP) is -0.476. The van der Waals surface area contributed by atoms with Gasteiger partial charge in [0.25, 0.3) is 0 Å². The zero-order valence-corrected chi connectivity index (χ0v) is 8.53. The molecule has 1 aromatic rings. The Labute approximate surface area is 88.3 Å². The molecule has 0 spiro atoms. The standard InChI is InChI=1S/C9H16N6/c10-15-9(14-7-1-2-7)13-4-3-8-11-5-6-12-8/h5-7H,1-4,10H2,(H,11,12)(H2,13,14,15). The van der Waals surface area contributed by atoms with Gasteiger partial charge in [0.05, 0.1) is 0 Å². The first-order chi connectivity index (χ1) is 7.38. The first kappa shape index (κ1) is 9.97. The molecule has 0 unspecified atom stereocenters. The van der Waals surface area contributed by atoms with Crippen LogP contribution < -0.4 is 16.6 Å². The van der Waals surface area contributed by atoms with Gasteiger partial charge in [-0.05, 0) is 12.8 Å². The van der Waals surface area contributed by atoms with E-state index in [9.17, 15) is 0 Å². The lowest BCUT2D eigenvalue weighted by Gasteiger charge is -2.06. The lowest BCUT2D eigenvalue weighted by Crippen LogP contribution is -2.42. The van der Waals surface area contributed by atoms with Crippen LogP contribution in [0.4, 0.5) is 0 Å². The number of imidazole rings is 1. The SMILES string of the molecule is NNC(=NCCc1ncc[nH]1)NC1CC1. The van der Waals surface area contributed by atoms with Crippen LogP contribution in [0.1, 0.15) is 18.7 Å². The topological polar surface area (TPSA) is 91.1 Å². The minimum atomic E-state index is 0.559. The summed E-state index contributed by atoms with van der Waals surface area (Å²) >= 11 is 0. The van der Waals surface area contributed by atoms with Crippen LogP contribution in [0, 0.1) is 0 Å². The van der Waals surface area contributed by atoms with Gasteiger partial charge in [-0.1, -0.05) is 0 Å². The quantitative estimate of drug-likeness (QED) is 0.233. The smallest absolute Gasteiger partial charge is 0.205 e. The molecule has 15 heavy (non-hydrogen) atoms. The molecule has 82 valence electrons. The van der Waals surface area contributed by atoms with Crippen LogP contribution in [-0.4, -0.2) is 28.5 Å². The molecule has 0 aliphatic heterocycles. The van der Waals surface area contributed by atoms with Crippen LogP contribution in [0.2, 0.25) is 0 Å². The van der Waals surface area contributed by atoms with E-state index in [-0.39, 0.29) is 0 Å². The third-order valence-corrected chi connectivity index (χ3v) is 2.23. The van der Waals surface area contributed by atoms with Crippen LogP contribution in [0.5, 0.6) is 0 Å². The van der Waals surface area contributed by atoms with Gasteiger partial charge in [0.15, 0.2) is 0 Å². The highest BCUT2D eigenvalue weighted by atomic mass is 15.3. The molecule has 6 nitrogen and oxygen atoms in total. The van der Waals surface area contributed by atoms with E-state index in [2.05, 4.69) is 25.7 Å². The molecular formula is C9H16N6. The monoisotopic (exact) mass is 208 g/mol. The molecule has 1 saturated carbocycles. The molecule has 1 aliphatic carbocycles. The normalized spacial score (nSPS) is 16.5. The minimum absolute atomic E-state index is 0.559. The van der Waals surface area contributed by atoms with Gasteiger partial charge in [-0.3, -0.25) is 10.4 Å². The van der Waals surface area contributed by atoms with Crippen LogP contribution >= 0.6 is 0 Å². The molecular weight excluding hydrogens is 192 g/mol. The number of hydrogen-bond acceptors (Lipinski definition) is 3. The maximum atomic E-state index is 5.34. The highest BCUT2D eigenvalue weighted by molar-refractivity contribution is 5.79. The van der Waals surface area contributed by atoms with E-state index in [0.29, 0.717) is 18.5 Å². The number of nitrogens with zero attached hydrogens (tertiary/aromatic N) is 2. The molecule has 1 fully saturated rings. The molecule has 2 rings (SSSR count). The van der Waals surface area contributed by atoms with E-state index in [1.54, 1.807) is 6.20 Å². The van der Waals surface area contributed by atoms with Crippen molar-refractivity contribution in [3.8, 4) is 0 Å². The summed E-state index contributed by atoms with van der Waals surface area (Å²) in [6, 6.07) is 0.559. The van der Waals surface area contributed by atoms with Crippen molar-refractivity contribution in [2.24, 2.45) is 10.8 Å².